The highest BCUT2D eigenvalue weighted by Gasteiger charge is 2.18. The highest BCUT2D eigenvalue weighted by Crippen LogP contribution is 2.09. The van der Waals surface area contributed by atoms with E-state index >= 15 is 0 Å². The minimum Gasteiger partial charge on any atom is -0.370 e. The third-order valence-electron chi connectivity index (χ3n) is 3.98. The van der Waals surface area contributed by atoms with Crippen molar-refractivity contribution in [1.82, 2.24) is 19.8 Å². The Bertz CT molecular complexity index is 456. The zero-order valence-electron chi connectivity index (χ0n) is 14.1. The second-order valence-electron chi connectivity index (χ2n) is 5.29. The van der Waals surface area contributed by atoms with Crippen LogP contribution in [0.4, 0.5) is 5.95 Å². The quantitative estimate of drug-likeness (QED) is 0.408. The van der Waals surface area contributed by atoms with Crippen LogP contribution in [0.5, 0.6) is 0 Å². The molecule has 2 N–H and O–H groups in total. The molecule has 23 heavy (non-hydrogen) atoms. The van der Waals surface area contributed by atoms with E-state index in [0.29, 0.717) is 5.96 Å². The number of nitrogens with zero attached hydrogens (tertiary/aromatic N) is 6. The number of piperazine rings is 1. The van der Waals surface area contributed by atoms with Crippen LogP contribution in [0.1, 0.15) is 13.8 Å². The van der Waals surface area contributed by atoms with E-state index in [0.717, 1.165) is 58.3 Å². The lowest BCUT2D eigenvalue weighted by atomic mass is 10.3. The summed E-state index contributed by atoms with van der Waals surface area (Å²) < 4.78 is 0. The number of rotatable bonds is 6. The second kappa shape index (κ2) is 10.6. The van der Waals surface area contributed by atoms with Crippen LogP contribution in [-0.4, -0.2) is 78.1 Å². The van der Waals surface area contributed by atoms with Gasteiger partial charge in [-0.05, 0) is 19.9 Å². The van der Waals surface area contributed by atoms with Crippen LogP contribution in [0, 0.1) is 0 Å². The number of halogens is 1. The molecular formula is C15H28IN7. The Morgan fingerprint density at radius 2 is 1.78 bits per heavy atom. The average molecular weight is 433 g/mol. The Balaban J connectivity index is 0.00000264. The predicted octanol–water partition coefficient (Wildman–Crippen LogP) is 0.873. The first-order valence-electron chi connectivity index (χ1n) is 8.03. The lowest BCUT2D eigenvalue weighted by Crippen LogP contribution is -2.47. The summed E-state index contributed by atoms with van der Waals surface area (Å²) in [7, 11) is 0. The summed E-state index contributed by atoms with van der Waals surface area (Å²) in [4.78, 5) is 19.8. The molecule has 2 heterocycles. The van der Waals surface area contributed by atoms with Crippen LogP contribution in [0.15, 0.2) is 23.5 Å². The maximum atomic E-state index is 5.99. The maximum absolute atomic E-state index is 5.99. The third-order valence-corrected chi connectivity index (χ3v) is 3.98. The molecule has 0 bridgehead atoms. The number of aromatic nitrogens is 2. The molecule has 1 fully saturated rings. The van der Waals surface area contributed by atoms with E-state index in [9.17, 15) is 0 Å². The number of anilines is 1. The van der Waals surface area contributed by atoms with Crippen LogP contribution in [0.3, 0.4) is 0 Å². The van der Waals surface area contributed by atoms with Crippen LogP contribution in [0.2, 0.25) is 0 Å². The summed E-state index contributed by atoms with van der Waals surface area (Å²) >= 11 is 0. The Labute approximate surface area is 156 Å². The topological polar surface area (TPSA) is 73.9 Å². The molecule has 0 radical (unpaired) electrons. The summed E-state index contributed by atoms with van der Waals surface area (Å²) in [5.41, 5.74) is 5.99. The van der Waals surface area contributed by atoms with Crippen LogP contribution >= 0.6 is 24.0 Å². The Hall–Kier alpha value is -1.16. The molecule has 1 aliphatic rings. The van der Waals surface area contributed by atoms with Crippen molar-refractivity contribution in [2.24, 2.45) is 10.7 Å². The van der Waals surface area contributed by atoms with Crippen molar-refractivity contribution >= 4 is 35.9 Å². The highest BCUT2D eigenvalue weighted by molar-refractivity contribution is 14.0. The zero-order valence-corrected chi connectivity index (χ0v) is 16.4. The lowest BCUT2D eigenvalue weighted by molar-refractivity contribution is 0.263. The first-order valence-corrected chi connectivity index (χ1v) is 8.03. The van der Waals surface area contributed by atoms with E-state index < -0.39 is 0 Å². The third kappa shape index (κ3) is 6.09. The first kappa shape index (κ1) is 19.9. The van der Waals surface area contributed by atoms with E-state index in [1.54, 1.807) is 12.4 Å². The normalized spacial score (nSPS) is 16.1. The minimum atomic E-state index is 0. The minimum absolute atomic E-state index is 0. The number of guanidine groups is 1. The number of aliphatic imine (C=N–C) groups is 1. The van der Waals surface area contributed by atoms with Crippen molar-refractivity contribution in [2.75, 3.05) is 57.3 Å². The number of hydrogen-bond donors (Lipinski definition) is 1. The van der Waals surface area contributed by atoms with Crippen LogP contribution < -0.4 is 10.6 Å². The Kier molecular flexibility index (Phi) is 9.15. The Morgan fingerprint density at radius 1 is 1.17 bits per heavy atom. The van der Waals surface area contributed by atoms with Gasteiger partial charge in [0.1, 0.15) is 0 Å². The van der Waals surface area contributed by atoms with Crippen molar-refractivity contribution in [2.45, 2.75) is 13.8 Å². The highest BCUT2D eigenvalue weighted by atomic mass is 127. The van der Waals surface area contributed by atoms with Crippen molar-refractivity contribution in [1.29, 1.82) is 0 Å². The fraction of sp³-hybridized carbons (Fsp3) is 0.667. The molecule has 0 saturated carbocycles. The Morgan fingerprint density at radius 3 is 2.35 bits per heavy atom. The monoisotopic (exact) mass is 433 g/mol. The van der Waals surface area contributed by atoms with Gasteiger partial charge in [0.15, 0.2) is 5.96 Å². The molecule has 2 rings (SSSR count). The van der Waals surface area contributed by atoms with Gasteiger partial charge in [-0.1, -0.05) is 0 Å². The largest absolute Gasteiger partial charge is 0.370 e. The molecule has 0 atom stereocenters. The van der Waals surface area contributed by atoms with Crippen molar-refractivity contribution in [3.05, 3.63) is 18.5 Å². The second-order valence-corrected chi connectivity index (χ2v) is 5.29. The number of hydrogen-bond acceptors (Lipinski definition) is 5. The van der Waals surface area contributed by atoms with Crippen molar-refractivity contribution in [3.8, 4) is 0 Å². The molecule has 0 unspecified atom stereocenters. The number of nitrogens with two attached hydrogens (primary N) is 1. The van der Waals surface area contributed by atoms with Gasteiger partial charge in [0.2, 0.25) is 5.95 Å². The molecule has 130 valence electrons. The SMILES string of the molecule is CCN(CC)C(N)=NCCN1CCN(c2ncccn2)CC1.I. The van der Waals surface area contributed by atoms with Gasteiger partial charge >= 0.3 is 0 Å². The van der Waals surface area contributed by atoms with E-state index in [-0.39, 0.29) is 24.0 Å². The predicted molar refractivity (Wildman–Crippen MR) is 106 cm³/mol. The summed E-state index contributed by atoms with van der Waals surface area (Å²) in [6.45, 7) is 11.6. The standard InChI is InChI=1S/C15H27N7.HI/c1-3-21(4-2)14(16)17-8-9-20-10-12-22(13-11-20)15-18-6-5-7-19-15;/h5-7H,3-4,8-13H2,1-2H3,(H2,16,17);1H. The fourth-order valence-corrected chi connectivity index (χ4v) is 2.58. The van der Waals surface area contributed by atoms with Gasteiger partial charge in [-0.15, -0.1) is 24.0 Å². The molecule has 0 aromatic carbocycles. The van der Waals surface area contributed by atoms with Crippen molar-refractivity contribution < 1.29 is 0 Å². The van der Waals surface area contributed by atoms with E-state index in [1.165, 1.54) is 0 Å². The van der Waals surface area contributed by atoms with Gasteiger partial charge in [0, 0.05) is 58.2 Å². The van der Waals surface area contributed by atoms with Crippen LogP contribution in [-0.2, 0) is 0 Å². The summed E-state index contributed by atoms with van der Waals surface area (Å²) in [5, 5.41) is 0. The summed E-state index contributed by atoms with van der Waals surface area (Å²) in [5.74, 6) is 1.48. The molecule has 8 heteroatoms. The molecule has 0 amide bonds. The summed E-state index contributed by atoms with van der Waals surface area (Å²) in [6, 6.07) is 1.85. The molecule has 1 aromatic heterocycles. The molecule has 1 aromatic rings. The average Bonchev–Trinajstić information content (AvgIpc) is 2.57. The van der Waals surface area contributed by atoms with Gasteiger partial charge in [0.25, 0.3) is 0 Å². The van der Waals surface area contributed by atoms with E-state index in [1.807, 2.05) is 6.07 Å². The van der Waals surface area contributed by atoms with Gasteiger partial charge in [-0.25, -0.2) is 9.97 Å². The summed E-state index contributed by atoms with van der Waals surface area (Å²) in [6.07, 6.45) is 3.58. The van der Waals surface area contributed by atoms with Gasteiger partial charge < -0.3 is 15.5 Å². The van der Waals surface area contributed by atoms with Gasteiger partial charge in [0.05, 0.1) is 6.54 Å². The molecule has 0 spiro atoms. The molecule has 1 saturated heterocycles. The smallest absolute Gasteiger partial charge is 0.225 e. The maximum Gasteiger partial charge on any atom is 0.225 e. The van der Waals surface area contributed by atoms with Gasteiger partial charge in [-0.2, -0.15) is 0 Å². The van der Waals surface area contributed by atoms with Gasteiger partial charge in [-0.3, -0.25) is 9.89 Å². The fourth-order valence-electron chi connectivity index (χ4n) is 2.58. The molecule has 1 aliphatic heterocycles. The first-order chi connectivity index (χ1) is 10.7. The van der Waals surface area contributed by atoms with E-state index in [4.69, 9.17) is 5.73 Å². The van der Waals surface area contributed by atoms with Crippen LogP contribution in [0.25, 0.3) is 0 Å². The van der Waals surface area contributed by atoms with Crippen molar-refractivity contribution in [3.63, 3.8) is 0 Å². The molecular weight excluding hydrogens is 405 g/mol. The zero-order chi connectivity index (χ0) is 15.8. The molecule has 7 nitrogen and oxygen atoms in total. The molecule has 0 aliphatic carbocycles. The van der Waals surface area contributed by atoms with E-state index in [2.05, 4.69) is 43.5 Å². The lowest BCUT2D eigenvalue weighted by Gasteiger charge is -2.34.